The van der Waals surface area contributed by atoms with E-state index in [1.54, 1.807) is 36.7 Å². The lowest BCUT2D eigenvalue weighted by atomic mass is 10.2. The van der Waals surface area contributed by atoms with Gasteiger partial charge in [-0.2, -0.15) is 0 Å². The standard InChI is InChI=1S/C22H28Br2N4O2/c23-19-3-5-21(29)17(13-19)15-27-9-1-7-25-11-12-26-8-2-10-28-16-18-14-20(24)4-6-22(18)30/h3-6,13-16,25-26,29-30H,1-2,7-12H2. The minimum atomic E-state index is 0.239. The summed E-state index contributed by atoms with van der Waals surface area (Å²) < 4.78 is 1.85. The lowest BCUT2D eigenvalue weighted by molar-refractivity contribution is 0.474. The van der Waals surface area contributed by atoms with Crippen molar-refractivity contribution in [1.82, 2.24) is 10.6 Å². The molecule has 0 fully saturated rings. The van der Waals surface area contributed by atoms with Gasteiger partial charge in [-0.15, -0.1) is 0 Å². The van der Waals surface area contributed by atoms with E-state index in [2.05, 4.69) is 52.5 Å². The van der Waals surface area contributed by atoms with Crippen LogP contribution in [0, 0.1) is 0 Å². The van der Waals surface area contributed by atoms with Crippen LogP contribution >= 0.6 is 31.9 Å². The van der Waals surface area contributed by atoms with Gasteiger partial charge < -0.3 is 20.8 Å². The summed E-state index contributed by atoms with van der Waals surface area (Å²) >= 11 is 6.77. The van der Waals surface area contributed by atoms with E-state index in [4.69, 9.17) is 0 Å². The number of hydrogen-bond donors (Lipinski definition) is 4. The van der Waals surface area contributed by atoms with Crippen LogP contribution in [0.25, 0.3) is 0 Å². The number of phenols is 2. The fourth-order valence-electron chi connectivity index (χ4n) is 2.60. The Bertz CT molecular complexity index is 774. The molecule has 0 aliphatic carbocycles. The largest absolute Gasteiger partial charge is 0.507 e. The van der Waals surface area contributed by atoms with Crippen molar-refractivity contribution in [1.29, 1.82) is 0 Å². The number of nitrogens with zero attached hydrogens (tertiary/aromatic N) is 2. The minimum Gasteiger partial charge on any atom is -0.507 e. The van der Waals surface area contributed by atoms with Gasteiger partial charge in [0, 0.05) is 58.7 Å². The van der Waals surface area contributed by atoms with Gasteiger partial charge in [0.2, 0.25) is 0 Å². The molecule has 0 heterocycles. The van der Waals surface area contributed by atoms with E-state index in [9.17, 15) is 10.2 Å². The highest BCUT2D eigenvalue weighted by molar-refractivity contribution is 9.10. The Morgan fingerprint density at radius 2 is 1.13 bits per heavy atom. The summed E-state index contributed by atoms with van der Waals surface area (Å²) in [5.74, 6) is 0.478. The van der Waals surface area contributed by atoms with Crippen LogP contribution in [-0.4, -0.2) is 61.9 Å². The molecule has 0 aromatic heterocycles. The summed E-state index contributed by atoms with van der Waals surface area (Å²) in [7, 11) is 0. The Morgan fingerprint density at radius 3 is 1.57 bits per heavy atom. The van der Waals surface area contributed by atoms with Gasteiger partial charge >= 0.3 is 0 Å². The number of hydrogen-bond acceptors (Lipinski definition) is 6. The molecule has 0 aliphatic rings. The van der Waals surface area contributed by atoms with Crippen molar-refractivity contribution in [2.45, 2.75) is 12.8 Å². The quantitative estimate of drug-likeness (QED) is 0.228. The third-order valence-electron chi connectivity index (χ3n) is 4.20. The first-order valence-electron chi connectivity index (χ1n) is 9.94. The first-order valence-corrected chi connectivity index (χ1v) is 11.5. The van der Waals surface area contributed by atoms with Gasteiger partial charge in [-0.3, -0.25) is 9.98 Å². The van der Waals surface area contributed by atoms with Crippen LogP contribution in [0.4, 0.5) is 0 Å². The molecule has 6 nitrogen and oxygen atoms in total. The molecular formula is C22H28Br2N4O2. The molecule has 0 atom stereocenters. The fourth-order valence-corrected chi connectivity index (χ4v) is 3.36. The van der Waals surface area contributed by atoms with E-state index in [-0.39, 0.29) is 11.5 Å². The van der Waals surface area contributed by atoms with Crippen LogP contribution in [0.5, 0.6) is 11.5 Å². The molecule has 0 aliphatic heterocycles. The van der Waals surface area contributed by atoms with E-state index >= 15 is 0 Å². The molecule has 0 unspecified atom stereocenters. The van der Waals surface area contributed by atoms with Gasteiger partial charge in [-0.25, -0.2) is 0 Å². The maximum Gasteiger partial charge on any atom is 0.124 e. The summed E-state index contributed by atoms with van der Waals surface area (Å²) in [6.07, 6.45) is 5.31. The molecule has 8 heteroatoms. The van der Waals surface area contributed by atoms with Crippen LogP contribution in [0.3, 0.4) is 0 Å². The number of rotatable bonds is 13. The van der Waals surface area contributed by atoms with E-state index in [0.29, 0.717) is 0 Å². The number of halogens is 2. The highest BCUT2D eigenvalue weighted by Gasteiger charge is 1.99. The number of benzene rings is 2. The van der Waals surface area contributed by atoms with Crippen molar-refractivity contribution >= 4 is 44.3 Å². The monoisotopic (exact) mass is 538 g/mol. The van der Waals surface area contributed by atoms with E-state index in [0.717, 1.165) is 72.2 Å². The first-order chi connectivity index (χ1) is 14.6. The molecule has 0 spiro atoms. The Hall–Kier alpha value is -1.74. The van der Waals surface area contributed by atoms with Crippen LogP contribution < -0.4 is 10.6 Å². The third-order valence-corrected chi connectivity index (χ3v) is 5.19. The maximum atomic E-state index is 9.75. The average Bonchev–Trinajstić information content (AvgIpc) is 2.73. The second kappa shape index (κ2) is 14.3. The first kappa shape index (κ1) is 24.5. The number of nitrogens with one attached hydrogen (secondary N) is 2. The molecule has 2 rings (SSSR count). The van der Waals surface area contributed by atoms with Crippen molar-refractivity contribution in [3.8, 4) is 11.5 Å². The Labute approximate surface area is 194 Å². The lowest BCUT2D eigenvalue weighted by Gasteiger charge is -2.05. The average molecular weight is 540 g/mol. The summed E-state index contributed by atoms with van der Waals surface area (Å²) in [5.41, 5.74) is 1.44. The Kier molecular flexibility index (Phi) is 11.7. The van der Waals surface area contributed by atoms with Gasteiger partial charge in [0.1, 0.15) is 11.5 Å². The number of aliphatic imine (C=N–C) groups is 2. The predicted octanol–water partition coefficient (Wildman–Crippen LogP) is 4.12. The molecule has 0 saturated heterocycles. The second-order valence-electron chi connectivity index (χ2n) is 6.68. The van der Waals surface area contributed by atoms with Crippen LogP contribution in [0.2, 0.25) is 0 Å². The normalized spacial score (nSPS) is 11.7. The molecule has 162 valence electrons. The van der Waals surface area contributed by atoms with Gasteiger partial charge in [0.25, 0.3) is 0 Å². The molecule has 0 saturated carbocycles. The van der Waals surface area contributed by atoms with Crippen LogP contribution in [-0.2, 0) is 0 Å². The smallest absolute Gasteiger partial charge is 0.124 e. The van der Waals surface area contributed by atoms with E-state index < -0.39 is 0 Å². The van der Waals surface area contributed by atoms with Crippen molar-refractivity contribution in [2.24, 2.45) is 9.98 Å². The van der Waals surface area contributed by atoms with Crippen LogP contribution in [0.1, 0.15) is 24.0 Å². The van der Waals surface area contributed by atoms with Gasteiger partial charge in [-0.1, -0.05) is 31.9 Å². The predicted molar refractivity (Wildman–Crippen MR) is 132 cm³/mol. The number of aromatic hydroxyl groups is 2. The summed E-state index contributed by atoms with van der Waals surface area (Å²) in [6.45, 7) is 5.07. The van der Waals surface area contributed by atoms with Crippen molar-refractivity contribution in [3.63, 3.8) is 0 Å². The third kappa shape index (κ3) is 9.84. The molecule has 0 radical (unpaired) electrons. The highest BCUT2D eigenvalue weighted by atomic mass is 79.9. The van der Waals surface area contributed by atoms with Gasteiger partial charge in [0.05, 0.1) is 0 Å². The van der Waals surface area contributed by atoms with Crippen molar-refractivity contribution < 1.29 is 10.2 Å². The highest BCUT2D eigenvalue weighted by Crippen LogP contribution is 2.20. The molecular weight excluding hydrogens is 512 g/mol. The Balaban J connectivity index is 1.44. The van der Waals surface area contributed by atoms with Crippen molar-refractivity contribution in [2.75, 3.05) is 39.3 Å². The molecule has 0 amide bonds. The molecule has 2 aromatic carbocycles. The van der Waals surface area contributed by atoms with Gasteiger partial charge in [-0.05, 0) is 62.3 Å². The minimum absolute atomic E-state index is 0.239. The Morgan fingerprint density at radius 1 is 0.700 bits per heavy atom. The van der Waals surface area contributed by atoms with Crippen LogP contribution in [0.15, 0.2) is 55.3 Å². The van der Waals surface area contributed by atoms with Gasteiger partial charge in [0.15, 0.2) is 0 Å². The van der Waals surface area contributed by atoms with E-state index in [1.807, 2.05) is 12.1 Å². The molecule has 4 N–H and O–H groups in total. The molecule has 30 heavy (non-hydrogen) atoms. The summed E-state index contributed by atoms with van der Waals surface area (Å²) in [5, 5.41) is 26.3. The number of phenolic OH excluding ortho intramolecular Hbond substituents is 2. The fraction of sp³-hybridized carbons (Fsp3) is 0.364. The summed E-state index contributed by atoms with van der Waals surface area (Å²) in [4.78, 5) is 8.72. The lowest BCUT2D eigenvalue weighted by Crippen LogP contribution is -2.29. The zero-order valence-corrected chi connectivity index (χ0v) is 20.0. The zero-order valence-electron chi connectivity index (χ0n) is 16.8. The molecule has 2 aromatic rings. The van der Waals surface area contributed by atoms with Crippen molar-refractivity contribution in [3.05, 3.63) is 56.5 Å². The van der Waals surface area contributed by atoms with E-state index in [1.165, 1.54) is 0 Å². The SMILES string of the molecule is Oc1ccc(Br)cc1C=NCCCNCCNCCCN=Cc1cc(Br)ccc1O. The zero-order chi connectivity index (χ0) is 21.6. The maximum absolute atomic E-state index is 9.75. The topological polar surface area (TPSA) is 89.2 Å². The second-order valence-corrected chi connectivity index (χ2v) is 8.52. The molecule has 0 bridgehead atoms. The summed E-state index contributed by atoms with van der Waals surface area (Å²) in [6, 6.07) is 10.6.